The van der Waals surface area contributed by atoms with Gasteiger partial charge in [0.1, 0.15) is 5.75 Å². The first kappa shape index (κ1) is 17.9. The van der Waals surface area contributed by atoms with Gasteiger partial charge in [-0.05, 0) is 59.8 Å². The quantitative estimate of drug-likeness (QED) is 0.697. The Bertz CT molecular complexity index is 805. The number of benzene rings is 2. The predicted octanol–water partition coefficient (Wildman–Crippen LogP) is 4.30. The van der Waals surface area contributed by atoms with Crippen LogP contribution in [0.2, 0.25) is 0 Å². The number of hydrogen-bond donors (Lipinski definition) is 1. The summed E-state index contributed by atoms with van der Waals surface area (Å²) in [6, 6.07) is 9.56. The molecule has 0 aliphatic heterocycles. The number of rotatable bonds is 4. The summed E-state index contributed by atoms with van der Waals surface area (Å²) in [5.74, 6) is -0.416. The highest BCUT2D eigenvalue weighted by atomic mass is 127. The zero-order chi connectivity index (χ0) is 17.3. The molecule has 0 aliphatic carbocycles. The number of ether oxygens (including phenoxy) is 1. The Labute approximate surface area is 144 Å². The van der Waals surface area contributed by atoms with Gasteiger partial charge in [0.2, 0.25) is 0 Å². The van der Waals surface area contributed by atoms with E-state index in [9.17, 15) is 21.6 Å². The summed E-state index contributed by atoms with van der Waals surface area (Å²) < 4.78 is 67.4. The van der Waals surface area contributed by atoms with Crippen molar-refractivity contribution in [2.45, 2.75) is 18.2 Å². The van der Waals surface area contributed by atoms with E-state index in [4.69, 9.17) is 0 Å². The van der Waals surface area contributed by atoms with Crippen molar-refractivity contribution in [1.82, 2.24) is 0 Å². The van der Waals surface area contributed by atoms with E-state index in [1.54, 1.807) is 34.7 Å². The molecule has 0 saturated heterocycles. The third-order valence-electron chi connectivity index (χ3n) is 2.75. The van der Waals surface area contributed by atoms with E-state index in [1.807, 2.05) is 6.92 Å². The van der Waals surface area contributed by atoms with Crippen molar-refractivity contribution in [3.8, 4) is 5.75 Å². The van der Waals surface area contributed by atoms with E-state index in [0.717, 1.165) is 17.7 Å². The third kappa shape index (κ3) is 4.99. The minimum atomic E-state index is -4.80. The van der Waals surface area contributed by atoms with E-state index in [-0.39, 0.29) is 14.2 Å². The molecule has 0 spiro atoms. The third-order valence-corrected chi connectivity index (χ3v) is 5.02. The van der Waals surface area contributed by atoms with E-state index in [0.29, 0.717) is 0 Å². The standard InChI is InChI=1S/C14H11F3INO3S/c1-9-2-5-11(6-3-9)23(20,21)19-13-7-4-10(8-12(13)18)22-14(15,16)17/h2-8,19H,1H3. The Kier molecular flexibility index (Phi) is 5.09. The van der Waals surface area contributed by atoms with Crippen LogP contribution in [-0.2, 0) is 10.0 Å². The van der Waals surface area contributed by atoms with Crippen molar-refractivity contribution in [2.24, 2.45) is 0 Å². The average Bonchev–Trinajstić information content (AvgIpc) is 2.40. The lowest BCUT2D eigenvalue weighted by Gasteiger charge is -2.13. The minimum Gasteiger partial charge on any atom is -0.406 e. The molecule has 0 bridgehead atoms. The van der Waals surface area contributed by atoms with Gasteiger partial charge in [0.15, 0.2) is 0 Å². The fraction of sp³-hybridized carbons (Fsp3) is 0.143. The van der Waals surface area contributed by atoms with E-state index >= 15 is 0 Å². The molecule has 4 nitrogen and oxygen atoms in total. The van der Waals surface area contributed by atoms with E-state index < -0.39 is 22.1 Å². The van der Waals surface area contributed by atoms with Gasteiger partial charge in [-0.1, -0.05) is 17.7 Å². The number of hydrogen-bond acceptors (Lipinski definition) is 3. The largest absolute Gasteiger partial charge is 0.573 e. The number of sulfonamides is 1. The number of nitrogens with one attached hydrogen (secondary N) is 1. The molecule has 1 N–H and O–H groups in total. The predicted molar refractivity (Wildman–Crippen MR) is 87.8 cm³/mol. The Hall–Kier alpha value is -1.49. The van der Waals surface area contributed by atoms with Crippen molar-refractivity contribution in [1.29, 1.82) is 0 Å². The summed E-state index contributed by atoms with van der Waals surface area (Å²) >= 11 is 1.73. The van der Waals surface area contributed by atoms with Crippen LogP contribution in [0, 0.1) is 10.5 Å². The Balaban J connectivity index is 2.24. The van der Waals surface area contributed by atoms with Crippen LogP contribution in [0.1, 0.15) is 5.56 Å². The number of anilines is 1. The maximum Gasteiger partial charge on any atom is 0.573 e. The van der Waals surface area contributed by atoms with Crippen LogP contribution in [0.15, 0.2) is 47.4 Å². The van der Waals surface area contributed by atoms with Crippen molar-refractivity contribution in [3.63, 3.8) is 0 Å². The first-order valence-corrected chi connectivity index (χ1v) is 8.78. The van der Waals surface area contributed by atoms with Crippen LogP contribution in [0.25, 0.3) is 0 Å². The van der Waals surface area contributed by atoms with Crippen molar-refractivity contribution < 1.29 is 26.3 Å². The van der Waals surface area contributed by atoms with Gasteiger partial charge in [0, 0.05) is 3.57 Å². The summed E-state index contributed by atoms with van der Waals surface area (Å²) in [5, 5.41) is 0. The zero-order valence-electron chi connectivity index (χ0n) is 11.7. The Morgan fingerprint density at radius 1 is 1.09 bits per heavy atom. The van der Waals surface area contributed by atoms with Crippen molar-refractivity contribution >= 4 is 38.3 Å². The molecule has 0 radical (unpaired) electrons. The summed E-state index contributed by atoms with van der Waals surface area (Å²) in [6.45, 7) is 1.83. The molecule has 0 fully saturated rings. The molecule has 0 amide bonds. The summed E-state index contributed by atoms with van der Waals surface area (Å²) in [6.07, 6.45) is -4.80. The zero-order valence-corrected chi connectivity index (χ0v) is 14.7. The van der Waals surface area contributed by atoms with E-state index in [1.165, 1.54) is 18.2 Å². The Morgan fingerprint density at radius 3 is 2.22 bits per heavy atom. The van der Waals surface area contributed by atoms with Crippen LogP contribution in [-0.4, -0.2) is 14.8 Å². The highest BCUT2D eigenvalue weighted by molar-refractivity contribution is 14.1. The molecule has 0 aliphatic rings. The van der Waals surface area contributed by atoms with Crippen molar-refractivity contribution in [3.05, 3.63) is 51.6 Å². The van der Waals surface area contributed by atoms with Gasteiger partial charge in [-0.2, -0.15) is 0 Å². The molecule has 0 aromatic heterocycles. The lowest BCUT2D eigenvalue weighted by molar-refractivity contribution is -0.274. The van der Waals surface area contributed by atoms with Gasteiger partial charge >= 0.3 is 6.36 Å². The molecule has 23 heavy (non-hydrogen) atoms. The number of halogens is 4. The first-order valence-electron chi connectivity index (χ1n) is 6.22. The smallest absolute Gasteiger partial charge is 0.406 e. The summed E-state index contributed by atoms with van der Waals surface area (Å²) in [4.78, 5) is 0.0644. The summed E-state index contributed by atoms with van der Waals surface area (Å²) in [7, 11) is -3.82. The molecular weight excluding hydrogens is 446 g/mol. The fourth-order valence-corrected chi connectivity index (χ4v) is 3.58. The second-order valence-electron chi connectivity index (χ2n) is 4.61. The SMILES string of the molecule is Cc1ccc(S(=O)(=O)Nc2ccc(OC(F)(F)F)cc2I)cc1. The molecule has 0 atom stereocenters. The van der Waals surface area contributed by atoms with Gasteiger partial charge in [-0.15, -0.1) is 13.2 Å². The second-order valence-corrected chi connectivity index (χ2v) is 7.45. The highest BCUT2D eigenvalue weighted by Crippen LogP contribution is 2.29. The van der Waals surface area contributed by atoms with Gasteiger partial charge in [0.25, 0.3) is 10.0 Å². The Morgan fingerprint density at radius 2 is 1.70 bits per heavy atom. The summed E-state index contributed by atoms with van der Waals surface area (Å²) in [5.41, 5.74) is 1.08. The van der Waals surface area contributed by atoms with Gasteiger partial charge in [0.05, 0.1) is 10.6 Å². The molecule has 0 heterocycles. The molecule has 0 saturated carbocycles. The first-order chi connectivity index (χ1) is 10.6. The number of aryl methyl sites for hydroxylation is 1. The van der Waals surface area contributed by atoms with Crippen LogP contribution < -0.4 is 9.46 Å². The van der Waals surface area contributed by atoms with Crippen LogP contribution in [0.4, 0.5) is 18.9 Å². The molecule has 2 aromatic carbocycles. The molecule has 2 rings (SSSR count). The maximum atomic E-state index is 12.3. The lowest BCUT2D eigenvalue weighted by Crippen LogP contribution is -2.17. The van der Waals surface area contributed by atoms with E-state index in [2.05, 4.69) is 9.46 Å². The number of alkyl halides is 3. The molecule has 9 heteroatoms. The second kappa shape index (κ2) is 6.56. The van der Waals surface area contributed by atoms with Crippen LogP contribution in [0.3, 0.4) is 0 Å². The van der Waals surface area contributed by atoms with Crippen LogP contribution in [0.5, 0.6) is 5.75 Å². The average molecular weight is 457 g/mol. The topological polar surface area (TPSA) is 55.4 Å². The minimum absolute atomic E-state index is 0.0644. The lowest BCUT2D eigenvalue weighted by atomic mass is 10.2. The van der Waals surface area contributed by atoms with Gasteiger partial charge in [-0.3, -0.25) is 4.72 Å². The fourth-order valence-electron chi connectivity index (χ4n) is 1.70. The van der Waals surface area contributed by atoms with Gasteiger partial charge < -0.3 is 4.74 Å². The highest BCUT2D eigenvalue weighted by Gasteiger charge is 2.31. The molecule has 2 aromatic rings. The monoisotopic (exact) mass is 457 g/mol. The molecule has 0 unspecified atom stereocenters. The maximum absolute atomic E-state index is 12.3. The molecule has 124 valence electrons. The van der Waals surface area contributed by atoms with Crippen LogP contribution >= 0.6 is 22.6 Å². The normalized spacial score (nSPS) is 12.0. The van der Waals surface area contributed by atoms with Gasteiger partial charge in [-0.25, -0.2) is 8.42 Å². The van der Waals surface area contributed by atoms with Crippen molar-refractivity contribution in [2.75, 3.05) is 4.72 Å². The molecular formula is C14H11F3INO3S.